The number of amides is 1. The van der Waals surface area contributed by atoms with Crippen molar-refractivity contribution in [1.29, 1.82) is 0 Å². The van der Waals surface area contributed by atoms with Crippen LogP contribution in [0.2, 0.25) is 0 Å². The van der Waals surface area contributed by atoms with Gasteiger partial charge < -0.3 is 10.1 Å². The second kappa shape index (κ2) is 7.76. The summed E-state index contributed by atoms with van der Waals surface area (Å²) in [6, 6.07) is 5.86. The fourth-order valence-electron chi connectivity index (χ4n) is 2.69. The van der Waals surface area contributed by atoms with Crippen LogP contribution < -0.4 is 5.32 Å². The zero-order valence-corrected chi connectivity index (χ0v) is 14.6. The van der Waals surface area contributed by atoms with Crippen molar-refractivity contribution in [3.8, 4) is 0 Å². The van der Waals surface area contributed by atoms with E-state index in [4.69, 9.17) is 0 Å². The number of methoxy groups -OCH3 is 1. The third-order valence-corrected chi connectivity index (χ3v) is 6.00. The van der Waals surface area contributed by atoms with Crippen LogP contribution in [0.15, 0.2) is 29.2 Å². The minimum atomic E-state index is -3.64. The Hall–Kier alpha value is -1.93. The number of esters is 1. The molecule has 1 aliphatic heterocycles. The van der Waals surface area contributed by atoms with Crippen LogP contribution in [0.4, 0.5) is 0 Å². The molecule has 132 valence electrons. The quantitative estimate of drug-likeness (QED) is 0.797. The Labute approximate surface area is 142 Å². The average Bonchev–Trinajstić information content (AvgIpc) is 2.59. The topological polar surface area (TPSA) is 92.8 Å². The molecule has 1 saturated heterocycles. The van der Waals surface area contributed by atoms with E-state index in [-0.39, 0.29) is 22.3 Å². The summed E-state index contributed by atoms with van der Waals surface area (Å²) < 4.78 is 31.5. The normalized spacial score (nSPS) is 16.6. The molecular weight excluding hydrogens is 332 g/mol. The van der Waals surface area contributed by atoms with Crippen molar-refractivity contribution in [2.45, 2.75) is 24.7 Å². The van der Waals surface area contributed by atoms with Crippen molar-refractivity contribution < 1.29 is 22.7 Å². The van der Waals surface area contributed by atoms with Crippen LogP contribution in [0.5, 0.6) is 0 Å². The molecule has 0 radical (unpaired) electrons. The lowest BCUT2D eigenvalue weighted by Gasteiger charge is -2.31. The number of nitrogens with one attached hydrogen (secondary N) is 1. The maximum Gasteiger partial charge on any atom is 0.337 e. The first-order chi connectivity index (χ1) is 11.3. The fourth-order valence-corrected chi connectivity index (χ4v) is 4.21. The molecule has 8 heteroatoms. The Bertz CT molecular complexity index is 709. The molecule has 0 aromatic heterocycles. The van der Waals surface area contributed by atoms with Gasteiger partial charge in [0.2, 0.25) is 15.9 Å². The molecule has 1 fully saturated rings. The first-order valence-corrected chi connectivity index (χ1v) is 9.21. The van der Waals surface area contributed by atoms with E-state index in [1.54, 1.807) is 0 Å². The van der Waals surface area contributed by atoms with Crippen molar-refractivity contribution in [3.63, 3.8) is 0 Å². The highest BCUT2D eigenvalue weighted by Gasteiger charge is 2.29. The van der Waals surface area contributed by atoms with Gasteiger partial charge in [0.25, 0.3) is 0 Å². The third kappa shape index (κ3) is 4.33. The number of nitrogens with zero attached hydrogens (tertiary/aromatic N) is 1. The Kier molecular flexibility index (Phi) is 5.95. The summed E-state index contributed by atoms with van der Waals surface area (Å²) in [6.45, 7) is 2.83. The highest BCUT2D eigenvalue weighted by Crippen LogP contribution is 2.24. The first-order valence-electron chi connectivity index (χ1n) is 7.77. The van der Waals surface area contributed by atoms with Gasteiger partial charge in [-0.25, -0.2) is 13.2 Å². The Morgan fingerprint density at radius 3 is 2.54 bits per heavy atom. The van der Waals surface area contributed by atoms with E-state index in [0.717, 1.165) is 0 Å². The highest BCUT2D eigenvalue weighted by molar-refractivity contribution is 7.89. The monoisotopic (exact) mass is 354 g/mol. The van der Waals surface area contributed by atoms with Gasteiger partial charge in [0.05, 0.1) is 17.6 Å². The maximum absolute atomic E-state index is 12.7. The lowest BCUT2D eigenvalue weighted by atomic mass is 9.98. The van der Waals surface area contributed by atoms with E-state index < -0.39 is 16.0 Å². The molecule has 0 saturated carbocycles. The largest absolute Gasteiger partial charge is 0.465 e. The molecule has 1 aromatic rings. The summed E-state index contributed by atoms with van der Waals surface area (Å²) in [7, 11) is -2.39. The molecule has 2 rings (SSSR count). The van der Waals surface area contributed by atoms with Crippen LogP contribution in [0.25, 0.3) is 0 Å². The Morgan fingerprint density at radius 2 is 1.96 bits per heavy atom. The number of piperidine rings is 1. The van der Waals surface area contributed by atoms with E-state index in [0.29, 0.717) is 32.5 Å². The minimum Gasteiger partial charge on any atom is -0.465 e. The van der Waals surface area contributed by atoms with Gasteiger partial charge >= 0.3 is 5.97 Å². The maximum atomic E-state index is 12.7. The van der Waals surface area contributed by atoms with E-state index in [1.165, 1.54) is 42.6 Å². The average molecular weight is 354 g/mol. The number of carbonyl (C=O) groups is 2. The Morgan fingerprint density at radius 1 is 1.29 bits per heavy atom. The summed E-state index contributed by atoms with van der Waals surface area (Å²) in [5.74, 6) is -0.368. The molecule has 1 N–H and O–H groups in total. The number of benzene rings is 1. The van der Waals surface area contributed by atoms with Crippen LogP contribution in [0, 0.1) is 5.92 Å². The van der Waals surface area contributed by atoms with Gasteiger partial charge in [-0.05, 0) is 37.0 Å². The van der Waals surface area contributed by atoms with Crippen molar-refractivity contribution >= 4 is 21.9 Å². The predicted molar refractivity (Wildman–Crippen MR) is 87.9 cm³/mol. The van der Waals surface area contributed by atoms with Gasteiger partial charge in [-0.15, -0.1) is 0 Å². The first kappa shape index (κ1) is 18.4. The minimum absolute atomic E-state index is 0.0790. The third-order valence-electron chi connectivity index (χ3n) is 4.11. The smallest absolute Gasteiger partial charge is 0.337 e. The number of hydrogen-bond donors (Lipinski definition) is 1. The fraction of sp³-hybridized carbons (Fsp3) is 0.500. The lowest BCUT2D eigenvalue weighted by Crippen LogP contribution is -2.41. The van der Waals surface area contributed by atoms with Crippen molar-refractivity contribution in [3.05, 3.63) is 29.8 Å². The molecule has 1 amide bonds. The summed E-state index contributed by atoms with van der Waals surface area (Å²) >= 11 is 0. The van der Waals surface area contributed by atoms with Gasteiger partial charge in [-0.2, -0.15) is 4.31 Å². The second-order valence-electron chi connectivity index (χ2n) is 5.80. The molecule has 1 aliphatic rings. The number of carbonyl (C=O) groups excluding carboxylic acids is 2. The number of rotatable bonds is 5. The number of sulfonamides is 1. The van der Waals surface area contributed by atoms with E-state index in [2.05, 4.69) is 10.1 Å². The Balaban J connectivity index is 2.06. The van der Waals surface area contributed by atoms with Gasteiger partial charge in [0, 0.05) is 26.6 Å². The molecule has 0 aliphatic carbocycles. The lowest BCUT2D eigenvalue weighted by molar-refractivity contribution is -0.119. The summed E-state index contributed by atoms with van der Waals surface area (Å²) in [4.78, 5) is 22.6. The summed E-state index contributed by atoms with van der Waals surface area (Å²) in [5, 5.41) is 2.77. The molecule has 0 atom stereocenters. The van der Waals surface area contributed by atoms with Crippen LogP contribution in [-0.2, 0) is 19.6 Å². The van der Waals surface area contributed by atoms with Crippen LogP contribution in [-0.4, -0.2) is 51.3 Å². The summed E-state index contributed by atoms with van der Waals surface area (Å²) in [5.41, 5.74) is 0.208. The van der Waals surface area contributed by atoms with Gasteiger partial charge in [-0.3, -0.25) is 4.79 Å². The molecule has 1 heterocycles. The van der Waals surface area contributed by atoms with E-state index in [9.17, 15) is 18.0 Å². The van der Waals surface area contributed by atoms with Gasteiger partial charge in [-0.1, -0.05) is 6.07 Å². The zero-order valence-electron chi connectivity index (χ0n) is 13.8. The van der Waals surface area contributed by atoms with Crippen molar-refractivity contribution in [2.24, 2.45) is 5.92 Å². The van der Waals surface area contributed by atoms with Crippen LogP contribution in [0.3, 0.4) is 0 Å². The SMILES string of the molecule is COC(=O)c1cccc(S(=O)(=O)N2CCC(CNC(C)=O)CC2)c1. The summed E-state index contributed by atoms with van der Waals surface area (Å²) in [6.07, 6.45) is 1.38. The van der Waals surface area contributed by atoms with Crippen molar-refractivity contribution in [2.75, 3.05) is 26.7 Å². The molecule has 0 bridgehead atoms. The predicted octanol–water partition coefficient (Wildman–Crippen LogP) is 1.01. The number of ether oxygens (including phenoxy) is 1. The van der Waals surface area contributed by atoms with Crippen LogP contribution >= 0.6 is 0 Å². The molecule has 0 spiro atoms. The molecule has 7 nitrogen and oxygen atoms in total. The van der Waals surface area contributed by atoms with Gasteiger partial charge in [0.1, 0.15) is 0 Å². The zero-order chi connectivity index (χ0) is 17.7. The van der Waals surface area contributed by atoms with E-state index in [1.807, 2.05) is 0 Å². The molecule has 24 heavy (non-hydrogen) atoms. The van der Waals surface area contributed by atoms with Crippen LogP contribution in [0.1, 0.15) is 30.1 Å². The van der Waals surface area contributed by atoms with E-state index >= 15 is 0 Å². The highest BCUT2D eigenvalue weighted by atomic mass is 32.2. The van der Waals surface area contributed by atoms with Gasteiger partial charge in [0.15, 0.2) is 0 Å². The molecule has 1 aromatic carbocycles. The van der Waals surface area contributed by atoms with Crippen molar-refractivity contribution in [1.82, 2.24) is 9.62 Å². The second-order valence-corrected chi connectivity index (χ2v) is 7.74. The standard InChI is InChI=1S/C16H22N2O5S/c1-12(19)17-11-13-6-8-18(9-7-13)24(21,22)15-5-3-4-14(10-15)16(20)23-2/h3-5,10,13H,6-9,11H2,1-2H3,(H,17,19). The molecule has 0 unspecified atom stereocenters. The number of hydrogen-bond acceptors (Lipinski definition) is 5. The molecular formula is C16H22N2O5S.